The zero-order valence-corrected chi connectivity index (χ0v) is 12.3. The van der Waals surface area contributed by atoms with Gasteiger partial charge in [0.15, 0.2) is 5.60 Å². The van der Waals surface area contributed by atoms with E-state index in [1.165, 1.54) is 0 Å². The summed E-state index contributed by atoms with van der Waals surface area (Å²) in [6.07, 6.45) is 0. The maximum atomic E-state index is 11.6. The van der Waals surface area contributed by atoms with Crippen LogP contribution in [-0.2, 0) is 9.53 Å². The third kappa shape index (κ3) is 3.89. The predicted molar refractivity (Wildman–Crippen MR) is 70.5 cm³/mol. The van der Waals surface area contributed by atoms with Crippen LogP contribution in [0.25, 0.3) is 0 Å². The first-order valence-electron chi connectivity index (χ1n) is 5.18. The summed E-state index contributed by atoms with van der Waals surface area (Å²) in [6.45, 7) is 5.35. The fourth-order valence-electron chi connectivity index (χ4n) is 1.18. The molecule has 0 radical (unpaired) electrons. The molecule has 0 atom stereocenters. The number of carbonyl (C=O) groups is 1. The van der Waals surface area contributed by atoms with Gasteiger partial charge < -0.3 is 9.47 Å². The lowest BCUT2D eigenvalue weighted by molar-refractivity contribution is -0.158. The van der Waals surface area contributed by atoms with Gasteiger partial charge in [-0.15, -0.1) is 0 Å². The third-order valence-electron chi connectivity index (χ3n) is 2.03. The number of halogens is 2. The third-order valence-corrected chi connectivity index (χ3v) is 2.81. The van der Waals surface area contributed by atoms with E-state index in [2.05, 4.69) is 15.9 Å². The van der Waals surface area contributed by atoms with Gasteiger partial charge in [-0.3, -0.25) is 0 Å². The molecule has 0 saturated heterocycles. The fraction of sp³-hybridized carbons (Fsp3) is 0.417. The Hall–Kier alpha value is -0.740. The van der Waals surface area contributed by atoms with Gasteiger partial charge in [0.2, 0.25) is 0 Å². The average molecular weight is 322 g/mol. The molecule has 94 valence electrons. The number of benzene rings is 1. The highest BCUT2D eigenvalue weighted by Crippen LogP contribution is 2.30. The average Bonchev–Trinajstić information content (AvgIpc) is 2.22. The molecule has 0 saturated carbocycles. The van der Waals surface area contributed by atoms with Crippen molar-refractivity contribution in [2.45, 2.75) is 26.4 Å². The number of carbonyl (C=O) groups excluding carboxylic acids is 1. The minimum absolute atomic E-state index is 0.319. The van der Waals surface area contributed by atoms with Gasteiger partial charge in [-0.2, -0.15) is 0 Å². The summed E-state index contributed by atoms with van der Waals surface area (Å²) in [5, 5.41) is 0.441. The molecule has 0 aliphatic heterocycles. The van der Waals surface area contributed by atoms with Crippen molar-refractivity contribution in [3.05, 3.63) is 27.7 Å². The van der Waals surface area contributed by atoms with Crippen molar-refractivity contribution < 1.29 is 14.3 Å². The van der Waals surface area contributed by atoms with E-state index in [4.69, 9.17) is 21.1 Å². The van der Waals surface area contributed by atoms with Crippen molar-refractivity contribution in [2.75, 3.05) is 6.61 Å². The quantitative estimate of drug-likeness (QED) is 0.791. The first-order valence-corrected chi connectivity index (χ1v) is 6.35. The standard InChI is InChI=1S/C12H14BrClO3/c1-4-16-11(15)12(2,3)17-10-6-5-8(13)7-9(10)14/h5-7H,4H2,1-3H3. The second kappa shape index (κ2) is 5.74. The number of ether oxygens (including phenoxy) is 2. The highest BCUT2D eigenvalue weighted by atomic mass is 79.9. The van der Waals surface area contributed by atoms with E-state index in [9.17, 15) is 4.79 Å². The molecule has 0 aliphatic rings. The zero-order valence-electron chi connectivity index (χ0n) is 9.92. The SMILES string of the molecule is CCOC(=O)C(C)(C)Oc1ccc(Br)cc1Cl. The van der Waals surface area contributed by atoms with E-state index in [0.717, 1.165) is 4.47 Å². The molecule has 0 aromatic heterocycles. The van der Waals surface area contributed by atoms with Crippen molar-refractivity contribution >= 4 is 33.5 Å². The summed E-state index contributed by atoms with van der Waals surface area (Å²) in [5.74, 6) is 0.0342. The van der Waals surface area contributed by atoms with Gasteiger partial charge in [0.25, 0.3) is 0 Å². The van der Waals surface area contributed by atoms with Crippen LogP contribution in [0.2, 0.25) is 5.02 Å². The van der Waals surface area contributed by atoms with E-state index in [0.29, 0.717) is 17.4 Å². The van der Waals surface area contributed by atoms with Crippen molar-refractivity contribution in [2.24, 2.45) is 0 Å². The van der Waals surface area contributed by atoms with E-state index in [-0.39, 0.29) is 0 Å². The fourth-order valence-corrected chi connectivity index (χ4v) is 1.89. The van der Waals surface area contributed by atoms with E-state index in [1.807, 2.05) is 0 Å². The van der Waals surface area contributed by atoms with Gasteiger partial charge in [-0.05, 0) is 39.0 Å². The highest BCUT2D eigenvalue weighted by Gasteiger charge is 2.32. The Bertz CT molecular complexity index is 418. The van der Waals surface area contributed by atoms with Crippen LogP contribution in [-0.4, -0.2) is 18.2 Å². The van der Waals surface area contributed by atoms with Gasteiger partial charge >= 0.3 is 5.97 Å². The van der Waals surface area contributed by atoms with Crippen molar-refractivity contribution in [3.63, 3.8) is 0 Å². The minimum Gasteiger partial charge on any atom is -0.475 e. The zero-order chi connectivity index (χ0) is 13.1. The lowest BCUT2D eigenvalue weighted by atomic mass is 10.1. The number of hydrogen-bond donors (Lipinski definition) is 0. The maximum Gasteiger partial charge on any atom is 0.349 e. The monoisotopic (exact) mass is 320 g/mol. The Morgan fingerprint density at radius 2 is 2.12 bits per heavy atom. The first kappa shape index (κ1) is 14.3. The Morgan fingerprint density at radius 1 is 1.47 bits per heavy atom. The Morgan fingerprint density at radius 3 is 2.65 bits per heavy atom. The second-order valence-corrected chi connectivity index (χ2v) is 5.23. The van der Waals surface area contributed by atoms with Crippen LogP contribution in [0.3, 0.4) is 0 Å². The Kier molecular flexibility index (Phi) is 4.83. The largest absolute Gasteiger partial charge is 0.475 e. The van der Waals surface area contributed by atoms with Gasteiger partial charge in [-0.1, -0.05) is 27.5 Å². The van der Waals surface area contributed by atoms with Gasteiger partial charge in [0, 0.05) is 4.47 Å². The van der Waals surface area contributed by atoms with E-state index in [1.54, 1.807) is 39.0 Å². The molecular weight excluding hydrogens is 307 g/mol. The van der Waals surface area contributed by atoms with Crippen LogP contribution in [0.4, 0.5) is 0 Å². The molecule has 17 heavy (non-hydrogen) atoms. The molecule has 0 unspecified atom stereocenters. The summed E-state index contributed by atoms with van der Waals surface area (Å²) in [6, 6.07) is 5.20. The maximum absolute atomic E-state index is 11.6. The molecule has 0 heterocycles. The van der Waals surface area contributed by atoms with Crippen LogP contribution in [0.15, 0.2) is 22.7 Å². The van der Waals surface area contributed by atoms with E-state index >= 15 is 0 Å². The molecule has 1 aromatic carbocycles. The van der Waals surface area contributed by atoms with Gasteiger partial charge in [0.1, 0.15) is 5.75 Å². The van der Waals surface area contributed by atoms with Gasteiger partial charge in [0.05, 0.1) is 11.6 Å². The molecular formula is C12H14BrClO3. The molecule has 0 aliphatic carbocycles. The minimum atomic E-state index is -1.06. The highest BCUT2D eigenvalue weighted by molar-refractivity contribution is 9.10. The lowest BCUT2D eigenvalue weighted by Gasteiger charge is -2.24. The first-order chi connectivity index (χ1) is 7.86. The van der Waals surface area contributed by atoms with Crippen molar-refractivity contribution in [1.82, 2.24) is 0 Å². The molecule has 0 bridgehead atoms. The predicted octanol–water partition coefficient (Wildman–Crippen LogP) is 3.82. The van der Waals surface area contributed by atoms with Crippen molar-refractivity contribution in [3.8, 4) is 5.75 Å². The summed E-state index contributed by atoms with van der Waals surface area (Å²) < 4.78 is 11.4. The van der Waals surface area contributed by atoms with Crippen LogP contribution in [0.1, 0.15) is 20.8 Å². The molecule has 1 aromatic rings. The Labute approximate surface area is 114 Å². The number of esters is 1. The second-order valence-electron chi connectivity index (χ2n) is 3.91. The normalized spacial score (nSPS) is 11.1. The van der Waals surface area contributed by atoms with E-state index < -0.39 is 11.6 Å². The van der Waals surface area contributed by atoms with Crippen LogP contribution >= 0.6 is 27.5 Å². The molecule has 0 N–H and O–H groups in total. The lowest BCUT2D eigenvalue weighted by Crippen LogP contribution is -2.39. The molecule has 0 amide bonds. The van der Waals surface area contributed by atoms with Crippen LogP contribution in [0, 0.1) is 0 Å². The smallest absolute Gasteiger partial charge is 0.349 e. The number of hydrogen-bond acceptors (Lipinski definition) is 3. The molecule has 0 spiro atoms. The Balaban J connectivity index is 2.86. The van der Waals surface area contributed by atoms with Gasteiger partial charge in [-0.25, -0.2) is 4.79 Å². The van der Waals surface area contributed by atoms with Crippen LogP contribution < -0.4 is 4.74 Å². The summed E-state index contributed by atoms with van der Waals surface area (Å²) in [5.41, 5.74) is -1.06. The molecule has 0 fully saturated rings. The summed E-state index contributed by atoms with van der Waals surface area (Å²) in [4.78, 5) is 11.6. The number of rotatable bonds is 4. The van der Waals surface area contributed by atoms with Crippen molar-refractivity contribution in [1.29, 1.82) is 0 Å². The summed E-state index contributed by atoms with van der Waals surface area (Å²) in [7, 11) is 0. The molecule has 3 nitrogen and oxygen atoms in total. The summed E-state index contributed by atoms with van der Waals surface area (Å²) >= 11 is 9.31. The van der Waals surface area contributed by atoms with Crippen LogP contribution in [0.5, 0.6) is 5.75 Å². The molecule has 1 rings (SSSR count). The topological polar surface area (TPSA) is 35.5 Å². The molecule has 5 heteroatoms.